The minimum absolute atomic E-state index is 0.0258. The normalized spacial score (nSPS) is 21.6. The van der Waals surface area contributed by atoms with Crippen molar-refractivity contribution < 1.29 is 19.1 Å². The Bertz CT molecular complexity index is 812. The number of nitrogens with zero attached hydrogens (tertiary/aromatic N) is 2. The van der Waals surface area contributed by atoms with E-state index in [1.165, 1.54) is 0 Å². The summed E-state index contributed by atoms with van der Waals surface area (Å²) in [7, 11) is 1.62. The minimum Gasteiger partial charge on any atom is -0.496 e. The molecule has 3 rings (SSSR count). The monoisotopic (exact) mass is 457 g/mol. The second-order valence-corrected chi connectivity index (χ2v) is 9.11. The second kappa shape index (κ2) is 12.6. The summed E-state index contributed by atoms with van der Waals surface area (Å²) in [6.45, 7) is 4.77. The van der Waals surface area contributed by atoms with Crippen LogP contribution in [0, 0.1) is 5.92 Å². The van der Waals surface area contributed by atoms with Gasteiger partial charge in [0, 0.05) is 44.6 Å². The average molecular weight is 458 g/mol. The van der Waals surface area contributed by atoms with Crippen LogP contribution < -0.4 is 10.1 Å². The number of nitrogens with one attached hydrogen (secondary N) is 1. The summed E-state index contributed by atoms with van der Waals surface area (Å²) in [5.41, 5.74) is 0.888. The molecule has 0 aliphatic carbocycles. The number of ether oxygens (including phenoxy) is 1. The first kappa shape index (κ1) is 25.1. The molecule has 1 N–H and O–H groups in total. The van der Waals surface area contributed by atoms with Crippen LogP contribution in [0.2, 0.25) is 0 Å². The van der Waals surface area contributed by atoms with E-state index in [2.05, 4.69) is 12.2 Å². The Labute approximate surface area is 197 Å². The molecule has 2 aliphatic rings. The van der Waals surface area contributed by atoms with E-state index in [-0.39, 0.29) is 29.7 Å². The smallest absolute Gasteiger partial charge is 0.225 e. The number of benzene rings is 1. The zero-order valence-corrected chi connectivity index (χ0v) is 20.2. The van der Waals surface area contributed by atoms with Crippen molar-refractivity contribution in [3.63, 3.8) is 0 Å². The first-order chi connectivity index (χ1) is 16.1. The third-order valence-corrected chi connectivity index (χ3v) is 6.83. The lowest BCUT2D eigenvalue weighted by Crippen LogP contribution is -2.48. The maximum Gasteiger partial charge on any atom is 0.225 e. The lowest BCUT2D eigenvalue weighted by Gasteiger charge is -2.41. The highest BCUT2D eigenvalue weighted by atomic mass is 16.5. The Balaban J connectivity index is 1.68. The fourth-order valence-electron chi connectivity index (χ4n) is 5.00. The Morgan fingerprint density at radius 3 is 2.67 bits per heavy atom. The molecule has 33 heavy (non-hydrogen) atoms. The summed E-state index contributed by atoms with van der Waals surface area (Å²) < 4.78 is 5.59. The Morgan fingerprint density at radius 1 is 1.06 bits per heavy atom. The van der Waals surface area contributed by atoms with Crippen molar-refractivity contribution in [1.29, 1.82) is 0 Å². The van der Waals surface area contributed by atoms with Crippen molar-refractivity contribution in [2.24, 2.45) is 5.92 Å². The van der Waals surface area contributed by atoms with Gasteiger partial charge in [-0.25, -0.2) is 0 Å². The molecule has 0 bridgehead atoms. The fourth-order valence-corrected chi connectivity index (χ4v) is 5.00. The third-order valence-electron chi connectivity index (χ3n) is 6.83. The number of rotatable bonds is 10. The van der Waals surface area contributed by atoms with Crippen LogP contribution in [0.4, 0.5) is 0 Å². The highest BCUT2D eigenvalue weighted by Gasteiger charge is 2.41. The Morgan fingerprint density at radius 2 is 1.88 bits per heavy atom. The number of methoxy groups -OCH3 is 1. The van der Waals surface area contributed by atoms with Crippen LogP contribution in [0.5, 0.6) is 5.75 Å². The number of para-hydroxylation sites is 1. The van der Waals surface area contributed by atoms with Gasteiger partial charge in [0.15, 0.2) is 0 Å². The van der Waals surface area contributed by atoms with Crippen molar-refractivity contribution >= 4 is 17.7 Å². The molecule has 2 atom stereocenters. The predicted octanol–water partition coefficient (Wildman–Crippen LogP) is 3.68. The zero-order chi connectivity index (χ0) is 23.6. The van der Waals surface area contributed by atoms with Gasteiger partial charge in [0.1, 0.15) is 5.75 Å². The summed E-state index contributed by atoms with van der Waals surface area (Å²) in [5, 5.41) is 3.10. The molecule has 2 fully saturated rings. The molecule has 2 aliphatic heterocycles. The van der Waals surface area contributed by atoms with E-state index in [1.54, 1.807) is 7.11 Å². The number of hydrogen-bond acceptors (Lipinski definition) is 4. The highest BCUT2D eigenvalue weighted by molar-refractivity contribution is 5.85. The molecular formula is C26H39N3O4. The summed E-state index contributed by atoms with van der Waals surface area (Å²) in [6.07, 6.45) is 7.31. The van der Waals surface area contributed by atoms with E-state index >= 15 is 0 Å². The van der Waals surface area contributed by atoms with Crippen molar-refractivity contribution in [2.75, 3.05) is 33.3 Å². The molecule has 2 heterocycles. The highest BCUT2D eigenvalue weighted by Crippen LogP contribution is 2.40. The van der Waals surface area contributed by atoms with Crippen LogP contribution in [0.1, 0.15) is 76.3 Å². The van der Waals surface area contributed by atoms with E-state index in [0.717, 1.165) is 50.6 Å². The van der Waals surface area contributed by atoms with Crippen molar-refractivity contribution in [1.82, 2.24) is 15.1 Å². The molecule has 0 radical (unpaired) electrons. The van der Waals surface area contributed by atoms with E-state index in [9.17, 15) is 14.4 Å². The van der Waals surface area contributed by atoms with Crippen LogP contribution >= 0.6 is 0 Å². The Hall–Kier alpha value is -2.57. The topological polar surface area (TPSA) is 79.0 Å². The molecule has 182 valence electrons. The lowest BCUT2D eigenvalue weighted by molar-refractivity contribution is -0.143. The molecule has 0 aromatic heterocycles. The van der Waals surface area contributed by atoms with Crippen LogP contribution in [0.3, 0.4) is 0 Å². The van der Waals surface area contributed by atoms with Crippen LogP contribution in [0.15, 0.2) is 24.3 Å². The molecule has 0 spiro atoms. The van der Waals surface area contributed by atoms with Gasteiger partial charge in [-0.05, 0) is 38.2 Å². The molecule has 7 nitrogen and oxygen atoms in total. The molecule has 1 aromatic carbocycles. The number of carbonyl (C=O) groups excluding carboxylic acids is 3. The van der Waals surface area contributed by atoms with Gasteiger partial charge in [-0.3, -0.25) is 14.4 Å². The van der Waals surface area contributed by atoms with E-state index in [0.29, 0.717) is 44.6 Å². The molecule has 1 aromatic rings. The molecule has 7 heteroatoms. The van der Waals surface area contributed by atoms with Gasteiger partial charge in [0.25, 0.3) is 0 Å². The zero-order valence-electron chi connectivity index (χ0n) is 20.2. The van der Waals surface area contributed by atoms with E-state index < -0.39 is 0 Å². The Kier molecular flexibility index (Phi) is 9.58. The predicted molar refractivity (Wildman–Crippen MR) is 128 cm³/mol. The number of amides is 3. The molecular weight excluding hydrogens is 418 g/mol. The van der Waals surface area contributed by atoms with Gasteiger partial charge in [-0.2, -0.15) is 0 Å². The lowest BCUT2D eigenvalue weighted by atomic mass is 9.83. The van der Waals surface area contributed by atoms with Crippen LogP contribution in [-0.2, 0) is 14.4 Å². The number of likely N-dealkylation sites (tertiary alicyclic amines) is 2. The summed E-state index contributed by atoms with van der Waals surface area (Å²) in [6, 6.07) is 7.36. The number of unbranched alkanes of at least 4 members (excludes halogenated alkanes) is 1. The SMILES string of the molecule is CCCCN1C(=O)CC[C@H](C(=O)NCCCN2CCCCCC2=O)[C@H]1c1ccccc1OC. The molecule has 0 saturated carbocycles. The van der Waals surface area contributed by atoms with Gasteiger partial charge >= 0.3 is 0 Å². The van der Waals surface area contributed by atoms with Gasteiger partial charge in [0.05, 0.1) is 19.1 Å². The van der Waals surface area contributed by atoms with Gasteiger partial charge in [0.2, 0.25) is 17.7 Å². The van der Waals surface area contributed by atoms with Gasteiger partial charge in [-0.1, -0.05) is 38.0 Å². The van der Waals surface area contributed by atoms with E-state index in [1.807, 2.05) is 34.1 Å². The minimum atomic E-state index is -0.332. The molecule has 2 saturated heterocycles. The van der Waals surface area contributed by atoms with E-state index in [4.69, 9.17) is 4.74 Å². The maximum absolute atomic E-state index is 13.3. The quantitative estimate of drug-likeness (QED) is 0.544. The van der Waals surface area contributed by atoms with Crippen LogP contribution in [0.25, 0.3) is 0 Å². The standard InChI is InChI=1S/C26H39N3O4/c1-3-4-19-29-24(31)15-14-21(25(29)20-11-7-8-12-22(20)33-2)26(32)27-16-10-18-28-17-9-5-6-13-23(28)30/h7-8,11-12,21,25H,3-6,9-10,13-19H2,1-2H3,(H,27,32)/t21-,25+/m0/s1. The number of piperidine rings is 1. The molecule has 3 amide bonds. The van der Waals surface area contributed by atoms with Gasteiger partial charge < -0.3 is 19.9 Å². The molecule has 0 unspecified atom stereocenters. The van der Waals surface area contributed by atoms with Crippen LogP contribution in [-0.4, -0.2) is 60.8 Å². The number of carbonyl (C=O) groups is 3. The first-order valence-corrected chi connectivity index (χ1v) is 12.5. The fraction of sp³-hybridized carbons (Fsp3) is 0.654. The van der Waals surface area contributed by atoms with Gasteiger partial charge in [-0.15, -0.1) is 0 Å². The number of hydrogen-bond donors (Lipinski definition) is 1. The second-order valence-electron chi connectivity index (χ2n) is 9.11. The summed E-state index contributed by atoms with van der Waals surface area (Å²) in [4.78, 5) is 42.2. The van der Waals surface area contributed by atoms with Crippen molar-refractivity contribution in [2.45, 2.75) is 70.8 Å². The van der Waals surface area contributed by atoms with Crippen molar-refractivity contribution in [3.8, 4) is 5.75 Å². The first-order valence-electron chi connectivity index (χ1n) is 12.5. The largest absolute Gasteiger partial charge is 0.496 e. The summed E-state index contributed by atoms with van der Waals surface area (Å²) >= 11 is 0. The van der Waals surface area contributed by atoms with Crippen molar-refractivity contribution in [3.05, 3.63) is 29.8 Å². The maximum atomic E-state index is 13.3. The average Bonchev–Trinajstić information content (AvgIpc) is 3.04. The third kappa shape index (κ3) is 6.49. The summed E-state index contributed by atoms with van der Waals surface area (Å²) in [5.74, 6) is 0.685.